The largest absolute Gasteiger partial charge is 0.496 e. The van der Waals surface area contributed by atoms with E-state index in [1.54, 1.807) is 7.11 Å². The van der Waals surface area contributed by atoms with Gasteiger partial charge in [0.2, 0.25) is 5.91 Å². The van der Waals surface area contributed by atoms with Crippen LogP contribution in [-0.4, -0.2) is 34.4 Å². The van der Waals surface area contributed by atoms with Gasteiger partial charge in [-0.25, -0.2) is 4.79 Å². The van der Waals surface area contributed by atoms with Crippen molar-refractivity contribution in [2.45, 2.75) is 24.6 Å². The van der Waals surface area contributed by atoms with Gasteiger partial charge in [-0.2, -0.15) is 0 Å². The number of aliphatic carboxylic acids is 1. The summed E-state index contributed by atoms with van der Waals surface area (Å²) in [6.07, 6.45) is 0.684. The predicted octanol–water partition coefficient (Wildman–Crippen LogP) is 1.92. The van der Waals surface area contributed by atoms with Crippen LogP contribution in [0.3, 0.4) is 0 Å². The zero-order chi connectivity index (χ0) is 13.8. The van der Waals surface area contributed by atoms with E-state index < -0.39 is 12.0 Å². The topological polar surface area (TPSA) is 66.8 Å². The summed E-state index contributed by atoms with van der Waals surface area (Å²) in [6.45, 7) is 0. The molecule has 1 aliphatic rings. The highest BCUT2D eigenvalue weighted by Crippen LogP contribution is 2.31. The van der Waals surface area contributed by atoms with Crippen LogP contribution >= 0.6 is 11.9 Å². The molecule has 1 aromatic carbocycles. The summed E-state index contributed by atoms with van der Waals surface area (Å²) in [6, 6.07) is 6.79. The van der Waals surface area contributed by atoms with Gasteiger partial charge in [0.15, 0.2) is 0 Å². The fraction of sp³-hybridized carbons (Fsp3) is 0.385. The van der Waals surface area contributed by atoms with Crippen molar-refractivity contribution in [2.24, 2.45) is 0 Å². The van der Waals surface area contributed by atoms with E-state index in [9.17, 15) is 9.59 Å². The molecule has 2 rings (SSSR count). The lowest BCUT2D eigenvalue weighted by atomic mass is 10.2. The number of methoxy groups -OCH3 is 1. The van der Waals surface area contributed by atoms with E-state index in [-0.39, 0.29) is 5.91 Å². The highest BCUT2D eigenvalue weighted by molar-refractivity contribution is 7.96. The molecule has 102 valence electrons. The van der Waals surface area contributed by atoms with E-state index in [1.807, 2.05) is 24.3 Å². The van der Waals surface area contributed by atoms with E-state index in [4.69, 9.17) is 9.84 Å². The molecule has 1 heterocycles. The van der Waals surface area contributed by atoms with Crippen molar-refractivity contribution in [3.63, 3.8) is 0 Å². The maximum absolute atomic E-state index is 11.7. The van der Waals surface area contributed by atoms with E-state index in [1.165, 1.54) is 16.3 Å². The predicted molar refractivity (Wildman–Crippen MR) is 71.8 cm³/mol. The molecule has 1 fully saturated rings. The van der Waals surface area contributed by atoms with Crippen molar-refractivity contribution in [1.29, 1.82) is 0 Å². The number of rotatable bonds is 5. The second-order valence-corrected chi connectivity index (χ2v) is 5.14. The molecule has 0 bridgehead atoms. The van der Waals surface area contributed by atoms with Gasteiger partial charge in [-0.1, -0.05) is 18.2 Å². The molecule has 1 aromatic rings. The zero-order valence-electron chi connectivity index (χ0n) is 10.5. The highest BCUT2D eigenvalue weighted by Gasteiger charge is 2.36. The molecule has 0 aliphatic carbocycles. The molecule has 1 atom stereocenters. The smallest absolute Gasteiger partial charge is 0.327 e. The Morgan fingerprint density at radius 1 is 1.53 bits per heavy atom. The standard InChI is InChI=1S/C13H15NO4S/c1-18-11-5-3-2-4-9(11)8-19-14-10(13(16)17)6-7-12(14)15/h2-5,10H,6-8H2,1H3,(H,16,17). The monoisotopic (exact) mass is 281 g/mol. The molecule has 1 amide bonds. The Balaban J connectivity index is 2.05. The first-order valence-corrected chi connectivity index (χ1v) is 6.87. The number of para-hydroxylation sites is 1. The molecule has 1 saturated heterocycles. The first-order valence-electron chi connectivity index (χ1n) is 5.93. The lowest BCUT2D eigenvalue weighted by molar-refractivity contribution is -0.142. The van der Waals surface area contributed by atoms with Crippen LogP contribution in [0.4, 0.5) is 0 Å². The first kappa shape index (κ1) is 13.7. The summed E-state index contributed by atoms with van der Waals surface area (Å²) in [5, 5.41) is 9.07. The lowest BCUT2D eigenvalue weighted by Crippen LogP contribution is -2.33. The summed E-state index contributed by atoms with van der Waals surface area (Å²) < 4.78 is 6.60. The normalized spacial score (nSPS) is 18.7. The quantitative estimate of drug-likeness (QED) is 0.835. The van der Waals surface area contributed by atoms with Gasteiger partial charge in [0.25, 0.3) is 0 Å². The molecular formula is C13H15NO4S. The maximum atomic E-state index is 11.7. The van der Waals surface area contributed by atoms with Gasteiger partial charge in [-0.3, -0.25) is 9.10 Å². The number of hydrogen-bond acceptors (Lipinski definition) is 4. The Hall–Kier alpha value is -1.69. The van der Waals surface area contributed by atoms with Crippen molar-refractivity contribution < 1.29 is 19.4 Å². The van der Waals surface area contributed by atoms with Crippen LogP contribution in [-0.2, 0) is 15.3 Å². The van der Waals surface area contributed by atoms with Crippen molar-refractivity contribution in [1.82, 2.24) is 4.31 Å². The molecule has 5 nitrogen and oxygen atoms in total. The third-order valence-electron chi connectivity index (χ3n) is 3.00. The van der Waals surface area contributed by atoms with E-state index >= 15 is 0 Å². The Bertz CT molecular complexity index is 491. The van der Waals surface area contributed by atoms with Crippen LogP contribution < -0.4 is 4.74 Å². The van der Waals surface area contributed by atoms with Gasteiger partial charge in [-0.15, -0.1) is 0 Å². The average molecular weight is 281 g/mol. The molecular weight excluding hydrogens is 266 g/mol. The number of carbonyl (C=O) groups excluding carboxylic acids is 1. The van der Waals surface area contributed by atoms with E-state index in [2.05, 4.69) is 0 Å². The molecule has 1 aliphatic heterocycles. The van der Waals surface area contributed by atoms with Crippen LogP contribution in [0, 0.1) is 0 Å². The molecule has 0 spiro atoms. The number of benzene rings is 1. The molecule has 1 unspecified atom stereocenters. The van der Waals surface area contributed by atoms with Crippen molar-refractivity contribution in [2.75, 3.05) is 7.11 Å². The van der Waals surface area contributed by atoms with Crippen LogP contribution in [0.15, 0.2) is 24.3 Å². The van der Waals surface area contributed by atoms with Gasteiger partial charge in [0.1, 0.15) is 11.8 Å². The Morgan fingerprint density at radius 2 is 2.26 bits per heavy atom. The fourth-order valence-corrected chi connectivity index (χ4v) is 3.14. The van der Waals surface area contributed by atoms with Gasteiger partial charge < -0.3 is 9.84 Å². The summed E-state index contributed by atoms with van der Waals surface area (Å²) in [4.78, 5) is 22.7. The molecule has 0 aromatic heterocycles. The number of nitrogens with zero attached hydrogens (tertiary/aromatic N) is 1. The second kappa shape index (κ2) is 5.97. The lowest BCUT2D eigenvalue weighted by Gasteiger charge is -2.20. The van der Waals surface area contributed by atoms with Crippen molar-refractivity contribution in [3.8, 4) is 5.75 Å². The number of carbonyl (C=O) groups is 2. The van der Waals surface area contributed by atoms with Gasteiger partial charge in [0.05, 0.1) is 7.11 Å². The number of hydrogen-bond donors (Lipinski definition) is 1. The zero-order valence-corrected chi connectivity index (χ0v) is 11.4. The molecule has 1 N–H and O–H groups in total. The summed E-state index contributed by atoms with van der Waals surface area (Å²) >= 11 is 1.23. The molecule has 0 saturated carbocycles. The van der Waals surface area contributed by atoms with Crippen LogP contribution in [0.1, 0.15) is 18.4 Å². The van der Waals surface area contributed by atoms with Crippen molar-refractivity contribution in [3.05, 3.63) is 29.8 Å². The number of ether oxygens (including phenoxy) is 1. The number of carboxylic acids is 1. The Morgan fingerprint density at radius 3 is 2.95 bits per heavy atom. The fourth-order valence-electron chi connectivity index (χ4n) is 2.01. The average Bonchev–Trinajstić information content (AvgIpc) is 2.78. The first-order chi connectivity index (χ1) is 9.13. The highest BCUT2D eigenvalue weighted by atomic mass is 32.2. The third kappa shape index (κ3) is 3.01. The van der Waals surface area contributed by atoms with Gasteiger partial charge in [0, 0.05) is 17.7 Å². The molecule has 0 radical (unpaired) electrons. The maximum Gasteiger partial charge on any atom is 0.327 e. The van der Waals surface area contributed by atoms with Crippen molar-refractivity contribution >= 4 is 23.8 Å². The van der Waals surface area contributed by atoms with E-state index in [0.717, 1.165) is 11.3 Å². The van der Waals surface area contributed by atoms with Crippen LogP contribution in [0.2, 0.25) is 0 Å². The number of amides is 1. The summed E-state index contributed by atoms with van der Waals surface area (Å²) in [5.41, 5.74) is 0.943. The Kier molecular flexibility index (Phi) is 4.31. The van der Waals surface area contributed by atoms with E-state index in [0.29, 0.717) is 18.6 Å². The van der Waals surface area contributed by atoms with Gasteiger partial charge in [-0.05, 0) is 24.4 Å². The summed E-state index contributed by atoms with van der Waals surface area (Å²) in [7, 11) is 1.59. The molecule has 6 heteroatoms. The minimum atomic E-state index is -0.946. The minimum absolute atomic E-state index is 0.118. The molecule has 19 heavy (non-hydrogen) atoms. The van der Waals surface area contributed by atoms with Gasteiger partial charge >= 0.3 is 5.97 Å². The van der Waals surface area contributed by atoms with Crippen LogP contribution in [0.25, 0.3) is 0 Å². The minimum Gasteiger partial charge on any atom is -0.496 e. The second-order valence-electron chi connectivity index (χ2n) is 4.20. The SMILES string of the molecule is COc1ccccc1CSN1C(=O)CCC1C(=O)O. The summed E-state index contributed by atoms with van der Waals surface area (Å²) in [5.74, 6) is 0.193. The van der Waals surface area contributed by atoms with Crippen LogP contribution in [0.5, 0.6) is 5.75 Å². The third-order valence-corrected chi connectivity index (χ3v) is 4.17. The number of carboxylic acid groups (broad SMARTS) is 1. The Labute approximate surface area is 115 Å².